The number of alkyl halides is 1. The van der Waals surface area contributed by atoms with Gasteiger partial charge in [0.1, 0.15) is 6.04 Å². The third kappa shape index (κ3) is 11.5. The van der Waals surface area contributed by atoms with Crippen LogP contribution in [0.2, 0.25) is 0 Å². The van der Waals surface area contributed by atoms with Crippen LogP contribution in [0.3, 0.4) is 0 Å². The fourth-order valence-corrected chi connectivity index (χ4v) is 3.32. The number of alkyl carbamates (subject to hydrolysis) is 1. The van der Waals surface area contributed by atoms with Gasteiger partial charge in [-0.05, 0) is 49.9 Å². The van der Waals surface area contributed by atoms with E-state index in [2.05, 4.69) is 5.32 Å². The summed E-state index contributed by atoms with van der Waals surface area (Å²) < 4.78 is 17.0. The number of benzene rings is 1. The Labute approximate surface area is 199 Å². The molecule has 0 aromatic heterocycles. The zero-order chi connectivity index (χ0) is 25.5. The maximum Gasteiger partial charge on any atom is 0.408 e. The summed E-state index contributed by atoms with van der Waals surface area (Å²) >= 11 is 1.33. The van der Waals surface area contributed by atoms with Crippen molar-refractivity contribution in [3.05, 3.63) is 29.8 Å². The molecule has 0 unspecified atom stereocenters. The van der Waals surface area contributed by atoms with Gasteiger partial charge in [-0.25, -0.2) is 14.4 Å². The van der Waals surface area contributed by atoms with Crippen molar-refractivity contribution >= 4 is 41.7 Å². The number of aliphatic carboxylic acids is 3. The molecule has 188 valence electrons. The molecule has 0 bridgehead atoms. The number of carboxylic acids is 3. The summed E-state index contributed by atoms with van der Waals surface area (Å²) in [5, 5.41) is 31.5. The summed E-state index contributed by atoms with van der Waals surface area (Å²) in [6.45, 7) is -0.201. The Hall–Kier alpha value is -3.35. The number of ether oxygens (including phenoxy) is 1. The van der Waals surface area contributed by atoms with Crippen molar-refractivity contribution in [2.45, 2.75) is 49.1 Å². The van der Waals surface area contributed by atoms with E-state index in [0.29, 0.717) is 17.7 Å². The molecular formula is C21H27FN2O9S. The van der Waals surface area contributed by atoms with Gasteiger partial charge in [0.05, 0.1) is 6.67 Å². The predicted molar refractivity (Wildman–Crippen MR) is 119 cm³/mol. The minimum atomic E-state index is -1.54. The van der Waals surface area contributed by atoms with E-state index >= 15 is 0 Å². The molecule has 11 nitrogen and oxygen atoms in total. The van der Waals surface area contributed by atoms with Crippen LogP contribution in [0.1, 0.15) is 42.5 Å². The first-order valence-corrected chi connectivity index (χ1v) is 11.3. The Kier molecular flexibility index (Phi) is 13.1. The molecule has 0 aliphatic carbocycles. The standard InChI is InChI=1S/C21H27FN2O9S/c22-10-12-34-14-6-4-13(5-7-14)18(27)23-11-2-1-3-16(20(30)31)33-21(32)24-15(19(28)29)8-9-17(25)26/h4-7,15-16H,1-3,8-12H2,(H,23,27)(H,24,32)(H,25,26)(H,28,29)(H,30,31)/t15-,16-/m0/s1. The highest BCUT2D eigenvalue weighted by atomic mass is 32.2. The molecule has 2 amide bonds. The highest BCUT2D eigenvalue weighted by Gasteiger charge is 2.26. The molecule has 1 rings (SSSR count). The van der Waals surface area contributed by atoms with E-state index in [-0.39, 0.29) is 25.3 Å². The third-order valence-electron chi connectivity index (χ3n) is 4.40. The smallest absolute Gasteiger partial charge is 0.408 e. The molecule has 0 saturated heterocycles. The third-order valence-corrected chi connectivity index (χ3v) is 5.37. The fourth-order valence-electron chi connectivity index (χ4n) is 2.68. The van der Waals surface area contributed by atoms with E-state index < -0.39 is 55.7 Å². The highest BCUT2D eigenvalue weighted by Crippen LogP contribution is 2.18. The molecule has 0 aliphatic rings. The van der Waals surface area contributed by atoms with Crippen LogP contribution in [0.5, 0.6) is 0 Å². The maximum absolute atomic E-state index is 12.2. The average molecular weight is 503 g/mol. The Balaban J connectivity index is 2.40. The number of rotatable bonds is 16. The fraction of sp³-hybridized carbons (Fsp3) is 0.476. The summed E-state index contributed by atoms with van der Waals surface area (Å²) in [6.07, 6.45) is -3.13. The van der Waals surface area contributed by atoms with Crippen LogP contribution in [0.25, 0.3) is 0 Å². The lowest BCUT2D eigenvalue weighted by Crippen LogP contribution is -2.43. The van der Waals surface area contributed by atoms with Gasteiger partial charge in [0, 0.05) is 29.2 Å². The molecule has 1 aromatic carbocycles. The van der Waals surface area contributed by atoms with Gasteiger partial charge in [0.15, 0.2) is 0 Å². The van der Waals surface area contributed by atoms with Gasteiger partial charge in [0.25, 0.3) is 5.91 Å². The van der Waals surface area contributed by atoms with Crippen LogP contribution in [0.4, 0.5) is 9.18 Å². The normalized spacial score (nSPS) is 12.3. The molecule has 0 heterocycles. The van der Waals surface area contributed by atoms with Gasteiger partial charge >= 0.3 is 24.0 Å². The summed E-state index contributed by atoms with van der Waals surface area (Å²) in [7, 11) is 0. The van der Waals surface area contributed by atoms with E-state index in [1.54, 1.807) is 24.3 Å². The van der Waals surface area contributed by atoms with Crippen molar-refractivity contribution in [2.24, 2.45) is 0 Å². The molecule has 13 heteroatoms. The molecule has 0 radical (unpaired) electrons. The van der Waals surface area contributed by atoms with Crippen LogP contribution in [0.15, 0.2) is 29.2 Å². The zero-order valence-electron chi connectivity index (χ0n) is 18.2. The lowest BCUT2D eigenvalue weighted by atomic mass is 10.1. The van der Waals surface area contributed by atoms with Gasteiger partial charge in [-0.3, -0.25) is 14.0 Å². The summed E-state index contributed by atoms with van der Waals surface area (Å²) in [5.74, 6) is -4.15. The number of unbranched alkanes of at least 4 members (excludes halogenated alkanes) is 1. The van der Waals surface area contributed by atoms with Crippen molar-refractivity contribution < 1.29 is 48.4 Å². The van der Waals surface area contributed by atoms with Gasteiger partial charge in [-0.1, -0.05) is 0 Å². The second-order valence-corrected chi connectivity index (χ2v) is 8.18. The summed E-state index contributed by atoms with van der Waals surface area (Å²) in [4.78, 5) is 57.8. The van der Waals surface area contributed by atoms with E-state index in [9.17, 15) is 33.5 Å². The van der Waals surface area contributed by atoms with E-state index in [4.69, 9.17) is 14.9 Å². The van der Waals surface area contributed by atoms with Gasteiger partial charge < -0.3 is 30.7 Å². The van der Waals surface area contributed by atoms with Crippen LogP contribution < -0.4 is 10.6 Å². The monoisotopic (exact) mass is 502 g/mol. The number of halogens is 1. The number of thioether (sulfide) groups is 1. The molecule has 0 saturated carbocycles. The number of carbonyl (C=O) groups is 5. The second-order valence-electron chi connectivity index (χ2n) is 7.01. The van der Waals surface area contributed by atoms with E-state index in [1.165, 1.54) is 11.8 Å². The van der Waals surface area contributed by atoms with Crippen molar-refractivity contribution in [3.63, 3.8) is 0 Å². The van der Waals surface area contributed by atoms with Gasteiger partial charge in [0.2, 0.25) is 6.10 Å². The second kappa shape index (κ2) is 15.5. The topological polar surface area (TPSA) is 179 Å². The van der Waals surface area contributed by atoms with Crippen molar-refractivity contribution in [2.75, 3.05) is 19.0 Å². The van der Waals surface area contributed by atoms with Crippen LogP contribution in [-0.2, 0) is 19.1 Å². The molecule has 0 spiro atoms. The number of carbonyl (C=O) groups excluding carboxylic acids is 2. The molecular weight excluding hydrogens is 475 g/mol. The van der Waals surface area contributed by atoms with Crippen molar-refractivity contribution in [1.82, 2.24) is 10.6 Å². The molecule has 5 N–H and O–H groups in total. The van der Waals surface area contributed by atoms with E-state index in [0.717, 1.165) is 4.90 Å². The van der Waals surface area contributed by atoms with Crippen LogP contribution in [-0.4, -0.2) is 76.3 Å². The first-order chi connectivity index (χ1) is 16.1. The largest absolute Gasteiger partial charge is 0.481 e. The Bertz CT molecular complexity index is 851. The van der Waals surface area contributed by atoms with Crippen molar-refractivity contribution in [3.8, 4) is 0 Å². The average Bonchev–Trinajstić information content (AvgIpc) is 2.79. The first-order valence-electron chi connectivity index (χ1n) is 10.4. The summed E-state index contributed by atoms with van der Waals surface area (Å²) in [6, 6.07) is 5.12. The van der Waals surface area contributed by atoms with Crippen molar-refractivity contribution in [1.29, 1.82) is 0 Å². The number of carboxylic acid groups (broad SMARTS) is 3. The van der Waals surface area contributed by atoms with E-state index in [1.807, 2.05) is 5.32 Å². The molecule has 0 aliphatic heterocycles. The number of hydrogen-bond donors (Lipinski definition) is 5. The molecule has 34 heavy (non-hydrogen) atoms. The van der Waals surface area contributed by atoms with Gasteiger partial charge in [-0.2, -0.15) is 0 Å². The highest BCUT2D eigenvalue weighted by molar-refractivity contribution is 7.99. The molecule has 1 aromatic rings. The lowest BCUT2D eigenvalue weighted by molar-refractivity contribution is -0.147. The Morgan fingerprint density at radius 3 is 2.21 bits per heavy atom. The Morgan fingerprint density at radius 1 is 0.971 bits per heavy atom. The predicted octanol–water partition coefficient (Wildman–Crippen LogP) is 2.15. The van der Waals surface area contributed by atoms with Crippen LogP contribution in [0, 0.1) is 0 Å². The number of amides is 2. The minimum Gasteiger partial charge on any atom is -0.481 e. The molecule has 0 fully saturated rings. The Morgan fingerprint density at radius 2 is 1.65 bits per heavy atom. The zero-order valence-corrected chi connectivity index (χ0v) is 19.0. The number of hydrogen-bond acceptors (Lipinski definition) is 7. The molecule has 2 atom stereocenters. The number of nitrogens with one attached hydrogen (secondary N) is 2. The van der Waals surface area contributed by atoms with Crippen LogP contribution >= 0.6 is 11.8 Å². The summed E-state index contributed by atoms with van der Waals surface area (Å²) in [5.41, 5.74) is 0.420. The quantitative estimate of drug-likeness (QED) is 0.166. The SMILES string of the molecule is O=C(O)CC[C@H](NC(=O)O[C@@H](CCCCNC(=O)c1ccc(SCCF)cc1)C(=O)O)C(=O)O. The first kappa shape index (κ1) is 28.7. The minimum absolute atomic E-state index is 0.0774. The lowest BCUT2D eigenvalue weighted by Gasteiger charge is -2.17. The maximum atomic E-state index is 12.2. The van der Waals surface area contributed by atoms with Gasteiger partial charge in [-0.15, -0.1) is 11.8 Å².